The van der Waals surface area contributed by atoms with Crippen LogP contribution in [0.4, 0.5) is 5.82 Å². The average Bonchev–Trinajstić information content (AvgIpc) is 2.85. The number of hydrogen-bond donors (Lipinski definition) is 2. The van der Waals surface area contributed by atoms with E-state index in [1.54, 1.807) is 0 Å². The van der Waals surface area contributed by atoms with E-state index in [9.17, 15) is 5.11 Å². The molecule has 0 saturated heterocycles. The van der Waals surface area contributed by atoms with Crippen molar-refractivity contribution in [2.45, 2.75) is 57.9 Å². The molecule has 1 aliphatic rings. The Balaban J connectivity index is 1.16. The largest absolute Gasteiger partial charge is 0.506 e. The molecule has 0 aliphatic heterocycles. The summed E-state index contributed by atoms with van der Waals surface area (Å²) >= 11 is 6.91. The van der Waals surface area contributed by atoms with Crippen LogP contribution < -0.4 is 10.2 Å². The molecular weight excluding hydrogens is 568 g/mol. The number of hydrogen-bond acceptors (Lipinski definition) is 5. The van der Waals surface area contributed by atoms with E-state index in [1.165, 1.54) is 38.5 Å². The van der Waals surface area contributed by atoms with Crippen LogP contribution >= 0.6 is 31.9 Å². The number of anilines is 1. The molecule has 0 spiro atoms. The van der Waals surface area contributed by atoms with E-state index in [-0.39, 0.29) is 0 Å². The summed E-state index contributed by atoms with van der Waals surface area (Å²) in [6.45, 7) is 1.71. The van der Waals surface area contributed by atoms with E-state index in [0.29, 0.717) is 12.3 Å². The number of rotatable bonds is 10. The summed E-state index contributed by atoms with van der Waals surface area (Å²) in [5.74, 6) is 3.90. The lowest BCUT2D eigenvalue weighted by Crippen LogP contribution is -2.26. The number of aryl methyl sites for hydroxylation is 1. The third-order valence-electron chi connectivity index (χ3n) is 7.14. The van der Waals surface area contributed by atoms with Crippen LogP contribution in [0.5, 0.6) is 5.75 Å². The summed E-state index contributed by atoms with van der Waals surface area (Å²) in [6.07, 6.45) is 9.92. The minimum atomic E-state index is 0.330. The molecule has 0 amide bonds. The molecule has 3 aromatic rings. The topological polar surface area (TPSA) is 61.3 Å². The van der Waals surface area contributed by atoms with Crippen molar-refractivity contribution >= 4 is 48.6 Å². The van der Waals surface area contributed by atoms with Gasteiger partial charge in [0, 0.05) is 42.5 Å². The summed E-state index contributed by atoms with van der Waals surface area (Å²) in [4.78, 5) is 11.7. The van der Waals surface area contributed by atoms with Gasteiger partial charge in [-0.15, -0.1) is 0 Å². The fourth-order valence-electron chi connectivity index (χ4n) is 5.16. The molecule has 188 valence electrons. The zero-order valence-corrected chi connectivity index (χ0v) is 23.9. The number of aromatic hydroxyl groups is 1. The number of benzene rings is 2. The number of aromatic nitrogens is 2. The quantitative estimate of drug-likeness (QED) is 0.239. The van der Waals surface area contributed by atoms with Gasteiger partial charge in [-0.3, -0.25) is 0 Å². The van der Waals surface area contributed by atoms with Gasteiger partial charge in [0.05, 0.1) is 9.99 Å². The average molecular weight is 604 g/mol. The zero-order chi connectivity index (χ0) is 24.8. The van der Waals surface area contributed by atoms with Crippen LogP contribution in [0.3, 0.4) is 0 Å². The van der Waals surface area contributed by atoms with E-state index < -0.39 is 0 Å². The molecule has 35 heavy (non-hydrogen) atoms. The predicted octanol–water partition coefficient (Wildman–Crippen LogP) is 7.24. The molecule has 1 fully saturated rings. The second kappa shape index (κ2) is 12.5. The van der Waals surface area contributed by atoms with Gasteiger partial charge in [-0.25, -0.2) is 9.97 Å². The van der Waals surface area contributed by atoms with E-state index in [1.807, 2.05) is 32.3 Å². The van der Waals surface area contributed by atoms with Crippen LogP contribution in [-0.2, 0) is 13.0 Å². The molecule has 2 N–H and O–H groups in total. The Hall–Kier alpha value is -1.70. The Labute approximate surface area is 226 Å². The van der Waals surface area contributed by atoms with Crippen LogP contribution in [0.25, 0.3) is 10.9 Å². The molecular formula is C28H36Br2N4O. The molecule has 1 aliphatic carbocycles. The maximum Gasteiger partial charge on any atom is 0.139 e. The molecule has 2 aromatic carbocycles. The maximum atomic E-state index is 10.2. The summed E-state index contributed by atoms with van der Waals surface area (Å²) < 4.78 is 1.71. The van der Waals surface area contributed by atoms with Crippen LogP contribution in [-0.4, -0.2) is 35.7 Å². The van der Waals surface area contributed by atoms with Crippen molar-refractivity contribution in [1.82, 2.24) is 15.3 Å². The molecule has 1 saturated carbocycles. The molecule has 0 unspecified atom stereocenters. The third-order valence-corrected chi connectivity index (χ3v) is 8.20. The van der Waals surface area contributed by atoms with Gasteiger partial charge in [-0.2, -0.15) is 0 Å². The summed E-state index contributed by atoms with van der Waals surface area (Å²) in [5, 5.41) is 14.9. The van der Waals surface area contributed by atoms with Crippen molar-refractivity contribution < 1.29 is 5.11 Å². The number of nitrogens with one attached hydrogen (secondary N) is 1. The van der Waals surface area contributed by atoms with Crippen molar-refractivity contribution in [2.24, 2.45) is 11.8 Å². The predicted molar refractivity (Wildman–Crippen MR) is 152 cm³/mol. The molecule has 0 radical (unpaired) electrons. The van der Waals surface area contributed by atoms with Crippen LogP contribution in [0.15, 0.2) is 45.3 Å². The van der Waals surface area contributed by atoms with Crippen molar-refractivity contribution in [1.29, 1.82) is 0 Å². The highest BCUT2D eigenvalue weighted by molar-refractivity contribution is 9.11. The van der Waals surface area contributed by atoms with Crippen molar-refractivity contribution in [3.63, 3.8) is 0 Å². The smallest absolute Gasteiger partial charge is 0.139 e. The second-order valence-electron chi connectivity index (χ2n) is 10.0. The zero-order valence-electron chi connectivity index (χ0n) is 20.7. The van der Waals surface area contributed by atoms with E-state index in [2.05, 4.69) is 60.3 Å². The maximum absolute atomic E-state index is 10.2. The lowest BCUT2D eigenvalue weighted by molar-refractivity contribution is 0.252. The lowest BCUT2D eigenvalue weighted by Gasteiger charge is -2.28. The highest BCUT2D eigenvalue weighted by Crippen LogP contribution is 2.33. The Morgan fingerprint density at radius 2 is 1.74 bits per heavy atom. The summed E-state index contributed by atoms with van der Waals surface area (Å²) in [5.41, 5.74) is 1.96. The Bertz CT molecular complexity index is 1130. The fraction of sp³-hybridized carbons (Fsp3) is 0.500. The van der Waals surface area contributed by atoms with Crippen LogP contribution in [0.2, 0.25) is 0 Å². The number of unbranched alkanes of at least 4 members (excludes halogenated alkanes) is 1. The number of phenols is 1. The first kappa shape index (κ1) is 26.4. The molecule has 4 rings (SSSR count). The van der Waals surface area contributed by atoms with Crippen molar-refractivity contribution in [3.8, 4) is 5.75 Å². The van der Waals surface area contributed by atoms with Gasteiger partial charge < -0.3 is 15.3 Å². The summed E-state index contributed by atoms with van der Waals surface area (Å²) in [7, 11) is 4.10. The minimum Gasteiger partial charge on any atom is -0.506 e. The fourth-order valence-corrected chi connectivity index (χ4v) is 6.48. The minimum absolute atomic E-state index is 0.330. The molecule has 1 aromatic heterocycles. The van der Waals surface area contributed by atoms with Crippen molar-refractivity contribution in [2.75, 3.05) is 25.5 Å². The standard InChI is InChI=1S/C28H36Br2N4O/c1-34(2)28-23-8-4-5-9-25(23)32-26(33-28)10-6-3-7-19-11-13-20(14-12-19)17-31-18-21-15-22(29)16-24(30)27(21)35/h4-5,8-9,15-16,19-20,31,35H,3,6-7,10-14,17-18H2,1-2H3. The SMILES string of the molecule is CN(C)c1nc(CCCCC2CCC(CNCc3cc(Br)cc(Br)c3O)CC2)nc2ccccc12. The third kappa shape index (κ3) is 7.17. The Kier molecular flexibility index (Phi) is 9.42. The monoisotopic (exact) mass is 602 g/mol. The van der Waals surface area contributed by atoms with E-state index >= 15 is 0 Å². The molecule has 1 heterocycles. The van der Waals surface area contributed by atoms with E-state index in [0.717, 1.165) is 68.3 Å². The Morgan fingerprint density at radius 1 is 1.00 bits per heavy atom. The first-order chi connectivity index (χ1) is 16.9. The van der Waals surface area contributed by atoms with Gasteiger partial charge >= 0.3 is 0 Å². The highest BCUT2D eigenvalue weighted by Gasteiger charge is 2.21. The molecule has 7 heteroatoms. The van der Waals surface area contributed by atoms with Gasteiger partial charge in [-0.1, -0.05) is 53.7 Å². The first-order valence-corrected chi connectivity index (χ1v) is 14.3. The first-order valence-electron chi connectivity index (χ1n) is 12.7. The number of halogens is 2. The molecule has 0 atom stereocenters. The van der Waals surface area contributed by atoms with Gasteiger partial charge in [0.25, 0.3) is 0 Å². The van der Waals surface area contributed by atoms with Gasteiger partial charge in [0.2, 0.25) is 0 Å². The number of fused-ring (bicyclic) bond motifs is 1. The number of phenolic OH excluding ortho intramolecular Hbond substituents is 1. The van der Waals surface area contributed by atoms with Crippen LogP contribution in [0, 0.1) is 11.8 Å². The normalized spacial score (nSPS) is 18.2. The lowest BCUT2D eigenvalue weighted by atomic mass is 9.79. The summed E-state index contributed by atoms with van der Waals surface area (Å²) in [6, 6.07) is 12.1. The van der Waals surface area contributed by atoms with Gasteiger partial charge in [0.15, 0.2) is 0 Å². The van der Waals surface area contributed by atoms with Crippen molar-refractivity contribution in [3.05, 3.63) is 56.7 Å². The number of nitrogens with zero attached hydrogens (tertiary/aromatic N) is 3. The van der Waals surface area contributed by atoms with Gasteiger partial charge in [0.1, 0.15) is 17.4 Å². The molecule has 5 nitrogen and oxygen atoms in total. The molecule has 0 bridgehead atoms. The Morgan fingerprint density at radius 3 is 2.51 bits per heavy atom. The van der Waals surface area contributed by atoms with E-state index in [4.69, 9.17) is 9.97 Å². The van der Waals surface area contributed by atoms with Gasteiger partial charge in [-0.05, 0) is 77.8 Å². The number of para-hydroxylation sites is 1. The second-order valence-corrected chi connectivity index (χ2v) is 11.8. The highest BCUT2D eigenvalue weighted by atomic mass is 79.9. The van der Waals surface area contributed by atoms with Crippen LogP contribution in [0.1, 0.15) is 56.3 Å².